The van der Waals surface area contributed by atoms with Gasteiger partial charge in [0.2, 0.25) is 0 Å². The Morgan fingerprint density at radius 1 is 1.19 bits per heavy atom. The van der Waals surface area contributed by atoms with Crippen molar-refractivity contribution in [1.29, 1.82) is 0 Å². The number of hydrogen-bond acceptors (Lipinski definition) is 2. The van der Waals surface area contributed by atoms with Crippen LogP contribution >= 0.6 is 11.6 Å². The van der Waals surface area contributed by atoms with Gasteiger partial charge in [-0.1, -0.05) is 12.8 Å². The molecule has 0 aromatic carbocycles. The van der Waals surface area contributed by atoms with Gasteiger partial charge in [0.15, 0.2) is 0 Å². The van der Waals surface area contributed by atoms with Crippen LogP contribution in [-0.2, 0) is 10.2 Å². The van der Waals surface area contributed by atoms with E-state index in [9.17, 15) is 8.42 Å². The molecule has 1 rings (SSSR count). The predicted octanol–water partition coefficient (Wildman–Crippen LogP) is 1.67. The molecule has 0 amide bonds. The van der Waals surface area contributed by atoms with Gasteiger partial charge in [-0.15, -0.1) is 11.6 Å². The van der Waals surface area contributed by atoms with Gasteiger partial charge in [0.1, 0.15) is 0 Å². The Morgan fingerprint density at radius 2 is 1.75 bits per heavy atom. The zero-order chi connectivity index (χ0) is 12.0. The van der Waals surface area contributed by atoms with Crippen LogP contribution in [0.5, 0.6) is 0 Å². The van der Waals surface area contributed by atoms with E-state index in [1.165, 1.54) is 4.31 Å². The largest absolute Gasteiger partial charge is 0.281 e. The average molecular weight is 269 g/mol. The van der Waals surface area contributed by atoms with Crippen LogP contribution in [0.15, 0.2) is 0 Å². The van der Waals surface area contributed by atoms with Crippen molar-refractivity contribution < 1.29 is 8.42 Å². The van der Waals surface area contributed by atoms with E-state index in [0.29, 0.717) is 31.9 Å². The highest BCUT2D eigenvalue weighted by molar-refractivity contribution is 7.86. The minimum atomic E-state index is -3.25. The minimum Gasteiger partial charge on any atom is -0.195 e. The minimum absolute atomic E-state index is 0.500. The van der Waals surface area contributed by atoms with Gasteiger partial charge in [-0.3, -0.25) is 0 Å². The second-order valence-corrected chi connectivity index (χ2v) is 6.60. The molecule has 0 aliphatic carbocycles. The molecule has 96 valence electrons. The van der Waals surface area contributed by atoms with Crippen LogP contribution in [0.3, 0.4) is 0 Å². The van der Waals surface area contributed by atoms with Crippen LogP contribution < -0.4 is 0 Å². The lowest BCUT2D eigenvalue weighted by molar-refractivity contribution is 0.365. The van der Waals surface area contributed by atoms with Crippen molar-refractivity contribution in [1.82, 2.24) is 8.61 Å². The monoisotopic (exact) mass is 268 g/mol. The predicted molar refractivity (Wildman–Crippen MR) is 66.9 cm³/mol. The first-order valence-corrected chi connectivity index (χ1v) is 7.79. The lowest BCUT2D eigenvalue weighted by Gasteiger charge is -2.26. The van der Waals surface area contributed by atoms with Crippen LogP contribution in [0.4, 0.5) is 0 Å². The Bertz CT molecular complexity index is 287. The third-order valence-corrected chi connectivity index (χ3v) is 5.15. The van der Waals surface area contributed by atoms with Crippen molar-refractivity contribution in [2.75, 3.05) is 32.6 Å². The molecule has 16 heavy (non-hydrogen) atoms. The molecule has 0 aromatic rings. The molecular weight excluding hydrogens is 248 g/mol. The van der Waals surface area contributed by atoms with Gasteiger partial charge in [0.25, 0.3) is 10.2 Å². The summed E-state index contributed by atoms with van der Waals surface area (Å²) in [5.41, 5.74) is 0. The zero-order valence-electron chi connectivity index (χ0n) is 9.86. The van der Waals surface area contributed by atoms with Gasteiger partial charge in [-0.25, -0.2) is 0 Å². The van der Waals surface area contributed by atoms with Gasteiger partial charge in [0.05, 0.1) is 0 Å². The van der Waals surface area contributed by atoms with Crippen molar-refractivity contribution in [2.24, 2.45) is 0 Å². The molecule has 0 bridgehead atoms. The molecule has 1 aliphatic rings. The van der Waals surface area contributed by atoms with Crippen molar-refractivity contribution in [3.8, 4) is 0 Å². The van der Waals surface area contributed by atoms with Crippen LogP contribution in [0.25, 0.3) is 0 Å². The highest BCUT2D eigenvalue weighted by Crippen LogP contribution is 2.15. The molecule has 0 N–H and O–H groups in total. The Kier molecular flexibility index (Phi) is 6.03. The van der Waals surface area contributed by atoms with Gasteiger partial charge >= 0.3 is 0 Å². The number of alkyl halides is 1. The molecule has 0 unspecified atom stereocenters. The average Bonchev–Trinajstić information content (AvgIpc) is 2.54. The standard InChI is InChI=1S/C10H21ClN2O2S/c1-12(8-6-7-11)16(14,15)13-9-4-2-3-5-10-13/h2-10H2,1H3. The quantitative estimate of drug-likeness (QED) is 0.712. The second kappa shape index (κ2) is 6.79. The summed E-state index contributed by atoms with van der Waals surface area (Å²) in [6, 6.07) is 0. The maximum atomic E-state index is 12.2. The molecule has 0 aromatic heterocycles. The molecule has 0 spiro atoms. The molecule has 1 aliphatic heterocycles. The second-order valence-electron chi connectivity index (χ2n) is 4.19. The molecule has 0 radical (unpaired) electrons. The van der Waals surface area contributed by atoms with E-state index in [0.717, 1.165) is 25.7 Å². The molecule has 1 saturated heterocycles. The van der Waals surface area contributed by atoms with Gasteiger partial charge in [0, 0.05) is 32.6 Å². The van der Waals surface area contributed by atoms with Gasteiger partial charge < -0.3 is 0 Å². The fraction of sp³-hybridized carbons (Fsp3) is 1.00. The molecular formula is C10H21ClN2O2S. The topological polar surface area (TPSA) is 40.6 Å². The zero-order valence-corrected chi connectivity index (χ0v) is 11.4. The van der Waals surface area contributed by atoms with Crippen LogP contribution in [0.1, 0.15) is 32.1 Å². The molecule has 1 fully saturated rings. The van der Waals surface area contributed by atoms with E-state index in [-0.39, 0.29) is 0 Å². The summed E-state index contributed by atoms with van der Waals surface area (Å²) in [7, 11) is -1.62. The summed E-state index contributed by atoms with van der Waals surface area (Å²) in [6.07, 6.45) is 4.92. The van der Waals surface area contributed by atoms with Crippen LogP contribution in [-0.4, -0.2) is 49.6 Å². The van der Waals surface area contributed by atoms with Gasteiger partial charge in [-0.2, -0.15) is 17.0 Å². The lowest BCUT2D eigenvalue weighted by Crippen LogP contribution is -2.42. The van der Waals surface area contributed by atoms with Crippen molar-refractivity contribution in [3.05, 3.63) is 0 Å². The molecule has 6 heteroatoms. The fourth-order valence-electron chi connectivity index (χ4n) is 1.87. The van der Waals surface area contributed by atoms with E-state index < -0.39 is 10.2 Å². The number of hydrogen-bond donors (Lipinski definition) is 0. The molecule has 0 atom stereocenters. The first kappa shape index (κ1) is 14.2. The van der Waals surface area contributed by atoms with Crippen molar-refractivity contribution in [3.63, 3.8) is 0 Å². The number of nitrogens with zero attached hydrogens (tertiary/aromatic N) is 2. The Hall–Kier alpha value is 0.160. The summed E-state index contributed by atoms with van der Waals surface area (Å²) >= 11 is 5.57. The van der Waals surface area contributed by atoms with Crippen LogP contribution in [0, 0.1) is 0 Å². The number of halogens is 1. The van der Waals surface area contributed by atoms with Crippen molar-refractivity contribution >= 4 is 21.8 Å². The highest BCUT2D eigenvalue weighted by Gasteiger charge is 2.26. The SMILES string of the molecule is CN(CCCCl)S(=O)(=O)N1CCCCCC1. The maximum absolute atomic E-state index is 12.2. The summed E-state index contributed by atoms with van der Waals surface area (Å²) in [4.78, 5) is 0. The molecule has 0 saturated carbocycles. The smallest absolute Gasteiger partial charge is 0.195 e. The highest BCUT2D eigenvalue weighted by atomic mass is 35.5. The third kappa shape index (κ3) is 3.87. The Morgan fingerprint density at radius 3 is 2.25 bits per heavy atom. The third-order valence-electron chi connectivity index (χ3n) is 2.89. The molecule has 1 heterocycles. The van der Waals surface area contributed by atoms with Crippen molar-refractivity contribution in [2.45, 2.75) is 32.1 Å². The summed E-state index contributed by atoms with van der Waals surface area (Å²) < 4.78 is 27.3. The first-order chi connectivity index (χ1) is 7.59. The first-order valence-electron chi connectivity index (χ1n) is 5.86. The maximum Gasteiger partial charge on any atom is 0.281 e. The van der Waals surface area contributed by atoms with E-state index >= 15 is 0 Å². The molecule has 4 nitrogen and oxygen atoms in total. The summed E-state index contributed by atoms with van der Waals surface area (Å²) in [5, 5.41) is 0. The van der Waals surface area contributed by atoms with E-state index in [1.54, 1.807) is 11.4 Å². The van der Waals surface area contributed by atoms with E-state index in [4.69, 9.17) is 11.6 Å². The van der Waals surface area contributed by atoms with Gasteiger partial charge in [-0.05, 0) is 19.3 Å². The summed E-state index contributed by atoms with van der Waals surface area (Å²) in [6.45, 7) is 1.82. The Labute approximate surface area is 104 Å². The fourth-order valence-corrected chi connectivity index (χ4v) is 3.46. The van der Waals surface area contributed by atoms with E-state index in [1.807, 2.05) is 0 Å². The van der Waals surface area contributed by atoms with Crippen LogP contribution in [0.2, 0.25) is 0 Å². The summed E-state index contributed by atoms with van der Waals surface area (Å²) in [5.74, 6) is 0.500. The Balaban J connectivity index is 2.59. The van der Waals surface area contributed by atoms with E-state index in [2.05, 4.69) is 0 Å². The number of rotatable bonds is 5. The lowest BCUT2D eigenvalue weighted by atomic mass is 10.2. The normalized spacial score (nSPS) is 19.9.